The lowest BCUT2D eigenvalue weighted by molar-refractivity contribution is -0.384. The molecule has 0 saturated carbocycles. The summed E-state index contributed by atoms with van der Waals surface area (Å²) in [6, 6.07) is 3.65. The van der Waals surface area contributed by atoms with Crippen molar-refractivity contribution >= 4 is 58.3 Å². The largest absolute Gasteiger partial charge is 0.456 e. The summed E-state index contributed by atoms with van der Waals surface area (Å²) in [5.74, 6) is -4.93. The molecule has 13 nitrogen and oxygen atoms in total. The van der Waals surface area contributed by atoms with Gasteiger partial charge in [-0.1, -0.05) is 11.6 Å². The number of nitro benzene ring substituents is 1. The lowest BCUT2D eigenvalue weighted by Crippen LogP contribution is -2.60. The van der Waals surface area contributed by atoms with Gasteiger partial charge >= 0.3 is 5.97 Å². The minimum atomic E-state index is -1.18. The number of pyridine rings is 1. The number of amides is 3. The number of ether oxygens (including phenoxy) is 1. The molecule has 1 aromatic carbocycles. The number of Topliss-reactive ketones (excluding diaryl/α,β-unsaturated/α-hetero) is 1. The maximum absolute atomic E-state index is 14.2. The number of hydrogen-bond acceptors (Lipinski definition) is 9. The van der Waals surface area contributed by atoms with E-state index in [0.29, 0.717) is 0 Å². The van der Waals surface area contributed by atoms with Gasteiger partial charge in [0.2, 0.25) is 29.5 Å². The second-order valence-corrected chi connectivity index (χ2v) is 8.91. The standard InChI is InChI=1S/C23H19ClFN5O8/c1-11(31)26-19-7-3-13(21(25)27-19)18(32)10-38-23(35)16-6-5-15-22(34)28(9-20(33)29(15)16)17-8-12(24)2-4-14(17)30(36)37/h2-4,7-8,15-16H,5-6,9-10H2,1H3,(H,26,27,31). The molecular weight excluding hydrogens is 529 g/mol. The summed E-state index contributed by atoms with van der Waals surface area (Å²) < 4.78 is 19.2. The third kappa shape index (κ3) is 5.16. The summed E-state index contributed by atoms with van der Waals surface area (Å²) in [4.78, 5) is 78.5. The average molecular weight is 548 g/mol. The molecular formula is C23H19ClFN5O8. The van der Waals surface area contributed by atoms with Crippen LogP contribution in [0.5, 0.6) is 0 Å². The van der Waals surface area contributed by atoms with E-state index >= 15 is 0 Å². The fourth-order valence-electron chi connectivity index (χ4n) is 4.38. The van der Waals surface area contributed by atoms with E-state index in [9.17, 15) is 38.5 Å². The smallest absolute Gasteiger partial charge is 0.329 e. The number of ketones is 1. The number of fused-ring (bicyclic) bond motifs is 1. The van der Waals surface area contributed by atoms with Crippen LogP contribution in [0.2, 0.25) is 5.02 Å². The Bertz CT molecular complexity index is 1390. The van der Waals surface area contributed by atoms with E-state index in [1.807, 2.05) is 0 Å². The lowest BCUT2D eigenvalue weighted by atomic mass is 10.1. The number of carbonyl (C=O) groups excluding carboxylic acids is 5. The van der Waals surface area contributed by atoms with E-state index in [4.69, 9.17) is 16.3 Å². The maximum Gasteiger partial charge on any atom is 0.329 e. The Morgan fingerprint density at radius 2 is 1.97 bits per heavy atom. The van der Waals surface area contributed by atoms with Gasteiger partial charge in [-0.2, -0.15) is 4.39 Å². The van der Waals surface area contributed by atoms with Crippen LogP contribution >= 0.6 is 11.6 Å². The van der Waals surface area contributed by atoms with Crippen molar-refractivity contribution in [1.82, 2.24) is 9.88 Å². The van der Waals surface area contributed by atoms with Crippen LogP contribution in [0.4, 0.5) is 21.6 Å². The Kier molecular flexibility index (Phi) is 7.35. The summed E-state index contributed by atoms with van der Waals surface area (Å²) >= 11 is 5.95. The van der Waals surface area contributed by atoms with E-state index in [1.54, 1.807) is 0 Å². The SMILES string of the molecule is CC(=O)Nc1ccc(C(=O)COC(=O)C2CCC3C(=O)N(c4cc(Cl)ccc4[N+](=O)[O-])CC(=O)N23)c(F)n1. The van der Waals surface area contributed by atoms with Gasteiger partial charge in [-0.15, -0.1) is 0 Å². The third-order valence-corrected chi connectivity index (χ3v) is 6.25. The molecule has 2 atom stereocenters. The highest BCUT2D eigenvalue weighted by atomic mass is 35.5. The molecule has 15 heteroatoms. The van der Waals surface area contributed by atoms with E-state index in [1.165, 1.54) is 25.1 Å². The molecule has 1 N–H and O–H groups in total. The highest BCUT2D eigenvalue weighted by Crippen LogP contribution is 2.37. The molecule has 2 unspecified atom stereocenters. The van der Waals surface area contributed by atoms with Crippen molar-refractivity contribution in [3.63, 3.8) is 0 Å². The highest BCUT2D eigenvalue weighted by molar-refractivity contribution is 6.31. The van der Waals surface area contributed by atoms with Crippen LogP contribution in [0.3, 0.4) is 0 Å². The van der Waals surface area contributed by atoms with Gasteiger partial charge in [0.05, 0.1) is 10.5 Å². The van der Waals surface area contributed by atoms with Gasteiger partial charge in [0.25, 0.3) is 5.69 Å². The fraction of sp³-hybridized carbons (Fsp3) is 0.304. The average Bonchev–Trinajstić information content (AvgIpc) is 3.30. The Labute approximate surface area is 218 Å². The Morgan fingerprint density at radius 1 is 1.24 bits per heavy atom. The van der Waals surface area contributed by atoms with Crippen molar-refractivity contribution in [2.24, 2.45) is 0 Å². The molecule has 3 heterocycles. The topological polar surface area (TPSA) is 169 Å². The summed E-state index contributed by atoms with van der Waals surface area (Å²) in [5, 5.41) is 13.8. The minimum absolute atomic E-state index is 0.0436. The van der Waals surface area contributed by atoms with Crippen LogP contribution in [0.1, 0.15) is 30.1 Å². The predicted molar refractivity (Wildman–Crippen MR) is 128 cm³/mol. The van der Waals surface area contributed by atoms with Gasteiger partial charge in [0.1, 0.15) is 30.1 Å². The molecule has 0 aliphatic carbocycles. The third-order valence-electron chi connectivity index (χ3n) is 6.01. The van der Waals surface area contributed by atoms with Crippen LogP contribution in [-0.2, 0) is 23.9 Å². The van der Waals surface area contributed by atoms with Crippen molar-refractivity contribution in [2.45, 2.75) is 31.8 Å². The Hall–Kier alpha value is -4.46. The number of esters is 1. The molecule has 198 valence electrons. The lowest BCUT2D eigenvalue weighted by Gasteiger charge is -2.38. The molecule has 2 fully saturated rings. The summed E-state index contributed by atoms with van der Waals surface area (Å²) in [6.45, 7) is -0.226. The first-order valence-electron chi connectivity index (χ1n) is 11.2. The first kappa shape index (κ1) is 26.6. The number of rotatable bonds is 7. The number of carbonyl (C=O) groups is 5. The summed E-state index contributed by atoms with van der Waals surface area (Å²) in [5.41, 5.74) is -1.03. The number of nitrogens with one attached hydrogen (secondary N) is 1. The Morgan fingerprint density at radius 3 is 2.63 bits per heavy atom. The molecule has 0 spiro atoms. The van der Waals surface area contributed by atoms with Gasteiger partial charge in [0.15, 0.2) is 6.61 Å². The summed E-state index contributed by atoms with van der Waals surface area (Å²) in [6.07, 6.45) is 0.119. The molecule has 2 aliphatic rings. The fourth-order valence-corrected chi connectivity index (χ4v) is 4.55. The molecule has 2 aromatic rings. The van der Waals surface area contributed by atoms with E-state index < -0.39 is 76.8 Å². The molecule has 1 aromatic heterocycles. The van der Waals surface area contributed by atoms with E-state index in [-0.39, 0.29) is 29.4 Å². The molecule has 4 rings (SSSR count). The minimum Gasteiger partial charge on any atom is -0.456 e. The van der Waals surface area contributed by atoms with Crippen LogP contribution in [-0.4, -0.2) is 69.5 Å². The van der Waals surface area contributed by atoms with Crippen molar-refractivity contribution in [2.75, 3.05) is 23.4 Å². The van der Waals surface area contributed by atoms with Crippen LogP contribution in [0.15, 0.2) is 30.3 Å². The van der Waals surface area contributed by atoms with E-state index in [2.05, 4.69) is 10.3 Å². The monoisotopic (exact) mass is 547 g/mol. The van der Waals surface area contributed by atoms with E-state index in [0.717, 1.165) is 21.9 Å². The molecule has 0 bridgehead atoms. The van der Waals surface area contributed by atoms with Crippen molar-refractivity contribution in [3.8, 4) is 0 Å². The van der Waals surface area contributed by atoms with Gasteiger partial charge in [-0.05, 0) is 37.1 Å². The molecule has 0 radical (unpaired) electrons. The van der Waals surface area contributed by atoms with Crippen molar-refractivity contribution < 1.29 is 38.0 Å². The quantitative estimate of drug-likeness (QED) is 0.179. The zero-order valence-corrected chi connectivity index (χ0v) is 20.4. The maximum atomic E-state index is 14.2. The van der Waals surface area contributed by atoms with Gasteiger partial charge in [0, 0.05) is 18.0 Å². The number of benzene rings is 1. The second kappa shape index (κ2) is 10.5. The summed E-state index contributed by atoms with van der Waals surface area (Å²) in [7, 11) is 0. The number of nitrogens with zero attached hydrogens (tertiary/aromatic N) is 4. The van der Waals surface area contributed by atoms with Gasteiger partial charge in [-0.3, -0.25) is 34.2 Å². The zero-order chi connectivity index (χ0) is 27.7. The highest BCUT2D eigenvalue weighted by Gasteiger charge is 2.51. The number of nitro groups is 1. The molecule has 38 heavy (non-hydrogen) atoms. The first-order chi connectivity index (χ1) is 18.0. The molecule has 2 aliphatic heterocycles. The van der Waals surface area contributed by atoms with Crippen molar-refractivity contribution in [3.05, 3.63) is 57.0 Å². The van der Waals surface area contributed by atoms with Crippen LogP contribution < -0.4 is 10.2 Å². The van der Waals surface area contributed by atoms with Crippen LogP contribution in [0.25, 0.3) is 0 Å². The van der Waals surface area contributed by atoms with Gasteiger partial charge < -0.3 is 15.0 Å². The number of anilines is 2. The number of hydrogen-bond donors (Lipinski definition) is 1. The van der Waals surface area contributed by atoms with Crippen LogP contribution in [0, 0.1) is 16.1 Å². The number of halogens is 2. The van der Waals surface area contributed by atoms with Gasteiger partial charge in [-0.25, -0.2) is 9.78 Å². The second-order valence-electron chi connectivity index (χ2n) is 8.47. The number of aromatic nitrogens is 1. The first-order valence-corrected chi connectivity index (χ1v) is 11.6. The molecule has 3 amide bonds. The number of piperazine rings is 1. The van der Waals surface area contributed by atoms with Crippen molar-refractivity contribution in [1.29, 1.82) is 0 Å². The molecule has 2 saturated heterocycles. The predicted octanol–water partition coefficient (Wildman–Crippen LogP) is 1.87. The zero-order valence-electron chi connectivity index (χ0n) is 19.7. The Balaban J connectivity index is 1.44. The normalized spacial score (nSPS) is 18.7.